The van der Waals surface area contributed by atoms with Gasteiger partial charge in [-0.1, -0.05) is 0 Å². The molecule has 0 saturated heterocycles. The van der Waals surface area contributed by atoms with Gasteiger partial charge < -0.3 is 10.3 Å². The summed E-state index contributed by atoms with van der Waals surface area (Å²) in [5, 5.41) is 0. The lowest BCUT2D eigenvalue weighted by atomic mass is 10.2. The summed E-state index contributed by atoms with van der Waals surface area (Å²) in [6.45, 7) is 0.255. The normalized spacial score (nSPS) is 11.7. The lowest BCUT2D eigenvalue weighted by Crippen LogP contribution is -2.27. The van der Waals surface area contributed by atoms with Gasteiger partial charge in [0.05, 0.1) is 5.69 Å². The Labute approximate surface area is 78.0 Å². The molecule has 0 unspecified atom stereocenters. The highest BCUT2D eigenvalue weighted by Gasteiger charge is 2.28. The third-order valence-electron chi connectivity index (χ3n) is 1.72. The maximum absolute atomic E-state index is 12.0. The molecule has 1 aromatic heterocycles. The van der Waals surface area contributed by atoms with E-state index in [1.807, 2.05) is 0 Å². The van der Waals surface area contributed by atoms with Crippen LogP contribution in [0.2, 0.25) is 0 Å². The number of pyridine rings is 1. The summed E-state index contributed by atoms with van der Waals surface area (Å²) in [6.07, 6.45) is -3.41. The highest BCUT2D eigenvalue weighted by Crippen LogP contribution is 2.17. The number of halogens is 3. The molecule has 0 aliphatic heterocycles. The molecule has 0 amide bonds. The average molecular weight is 206 g/mol. The SMILES string of the molecule is Cc1cc(=O)n(CC(F)(F)F)cc1N. The largest absolute Gasteiger partial charge is 0.406 e. The van der Waals surface area contributed by atoms with E-state index in [4.69, 9.17) is 5.73 Å². The molecule has 0 aliphatic rings. The standard InChI is InChI=1S/C8H9F3N2O/c1-5-2-7(14)13(3-6(5)12)4-8(9,10)11/h2-3H,4,12H2,1H3. The molecule has 0 radical (unpaired) electrons. The van der Waals surface area contributed by atoms with Gasteiger partial charge >= 0.3 is 6.18 Å². The fourth-order valence-electron chi connectivity index (χ4n) is 1.00. The zero-order valence-corrected chi connectivity index (χ0v) is 7.43. The maximum Gasteiger partial charge on any atom is 0.406 e. The molecular weight excluding hydrogens is 197 g/mol. The first kappa shape index (κ1) is 10.6. The van der Waals surface area contributed by atoms with Crippen molar-refractivity contribution in [2.24, 2.45) is 0 Å². The molecule has 6 heteroatoms. The van der Waals surface area contributed by atoms with Crippen molar-refractivity contribution in [3.63, 3.8) is 0 Å². The Morgan fingerprint density at radius 1 is 1.50 bits per heavy atom. The molecule has 0 bridgehead atoms. The van der Waals surface area contributed by atoms with Crippen LogP contribution in [0.5, 0.6) is 0 Å². The smallest absolute Gasteiger partial charge is 0.397 e. The van der Waals surface area contributed by atoms with Crippen LogP contribution in [0.4, 0.5) is 18.9 Å². The fraction of sp³-hybridized carbons (Fsp3) is 0.375. The zero-order valence-electron chi connectivity index (χ0n) is 7.43. The van der Waals surface area contributed by atoms with Crippen LogP contribution < -0.4 is 11.3 Å². The van der Waals surface area contributed by atoms with Crippen LogP contribution in [0.15, 0.2) is 17.1 Å². The van der Waals surface area contributed by atoms with E-state index in [1.165, 1.54) is 0 Å². The molecule has 0 saturated carbocycles. The molecule has 14 heavy (non-hydrogen) atoms. The van der Waals surface area contributed by atoms with Crippen molar-refractivity contribution in [3.8, 4) is 0 Å². The topological polar surface area (TPSA) is 48.0 Å². The second kappa shape index (κ2) is 3.36. The van der Waals surface area contributed by atoms with Crippen molar-refractivity contribution in [3.05, 3.63) is 28.2 Å². The van der Waals surface area contributed by atoms with Gasteiger partial charge in [-0.05, 0) is 12.5 Å². The summed E-state index contributed by atoms with van der Waals surface area (Å²) in [5.74, 6) is 0. The fourth-order valence-corrected chi connectivity index (χ4v) is 1.00. The van der Waals surface area contributed by atoms with Crippen molar-refractivity contribution in [1.82, 2.24) is 4.57 Å². The van der Waals surface area contributed by atoms with Crippen molar-refractivity contribution < 1.29 is 13.2 Å². The van der Waals surface area contributed by atoms with E-state index in [0.29, 0.717) is 10.1 Å². The number of aromatic nitrogens is 1. The summed E-state index contributed by atoms with van der Waals surface area (Å²) in [5.41, 5.74) is 5.34. The van der Waals surface area contributed by atoms with Gasteiger partial charge in [-0.25, -0.2) is 0 Å². The summed E-state index contributed by atoms with van der Waals surface area (Å²) < 4.78 is 36.4. The van der Waals surface area contributed by atoms with Gasteiger partial charge in [-0.3, -0.25) is 4.79 Å². The first-order chi connectivity index (χ1) is 6.29. The minimum absolute atomic E-state index is 0.175. The number of hydrogen-bond acceptors (Lipinski definition) is 2. The first-order valence-corrected chi connectivity index (χ1v) is 3.83. The van der Waals surface area contributed by atoms with E-state index in [1.54, 1.807) is 6.92 Å². The highest BCUT2D eigenvalue weighted by atomic mass is 19.4. The second-order valence-corrected chi connectivity index (χ2v) is 2.99. The number of alkyl halides is 3. The van der Waals surface area contributed by atoms with Crippen LogP contribution in [0, 0.1) is 6.92 Å². The molecule has 2 N–H and O–H groups in total. The summed E-state index contributed by atoms with van der Waals surface area (Å²) in [6, 6.07) is 1.08. The van der Waals surface area contributed by atoms with E-state index < -0.39 is 18.3 Å². The average Bonchev–Trinajstić information content (AvgIpc) is 1.97. The molecule has 3 nitrogen and oxygen atoms in total. The number of nitrogen functional groups attached to an aromatic ring is 1. The van der Waals surface area contributed by atoms with Gasteiger partial charge in [0.25, 0.3) is 5.56 Å². The molecule has 1 rings (SSSR count). The number of aryl methyl sites for hydroxylation is 1. The third-order valence-corrected chi connectivity index (χ3v) is 1.72. The van der Waals surface area contributed by atoms with E-state index in [9.17, 15) is 18.0 Å². The first-order valence-electron chi connectivity index (χ1n) is 3.83. The summed E-state index contributed by atoms with van der Waals surface area (Å²) in [7, 11) is 0. The van der Waals surface area contributed by atoms with Gasteiger partial charge in [-0.2, -0.15) is 13.2 Å². The van der Waals surface area contributed by atoms with E-state index in [0.717, 1.165) is 12.3 Å². The molecule has 1 aromatic rings. The molecular formula is C8H9F3N2O. The van der Waals surface area contributed by atoms with E-state index >= 15 is 0 Å². The van der Waals surface area contributed by atoms with E-state index in [2.05, 4.69) is 0 Å². The predicted octanol–water partition coefficient (Wildman–Crippen LogP) is 1.30. The predicted molar refractivity (Wildman–Crippen MR) is 45.9 cm³/mol. The van der Waals surface area contributed by atoms with Crippen LogP contribution in [0.25, 0.3) is 0 Å². The molecule has 0 aliphatic carbocycles. The maximum atomic E-state index is 12.0. The molecule has 0 atom stereocenters. The highest BCUT2D eigenvalue weighted by molar-refractivity contribution is 5.42. The van der Waals surface area contributed by atoms with Crippen molar-refractivity contribution in [2.75, 3.05) is 5.73 Å². The van der Waals surface area contributed by atoms with Gasteiger partial charge in [-0.15, -0.1) is 0 Å². The Balaban J connectivity index is 3.11. The van der Waals surface area contributed by atoms with Crippen LogP contribution in [-0.4, -0.2) is 10.7 Å². The number of nitrogens with two attached hydrogens (primary N) is 1. The van der Waals surface area contributed by atoms with Crippen molar-refractivity contribution in [2.45, 2.75) is 19.6 Å². The number of hydrogen-bond donors (Lipinski definition) is 1. The van der Waals surface area contributed by atoms with Crippen LogP contribution >= 0.6 is 0 Å². The van der Waals surface area contributed by atoms with Gasteiger partial charge in [0, 0.05) is 12.3 Å². The Morgan fingerprint density at radius 3 is 2.57 bits per heavy atom. The van der Waals surface area contributed by atoms with Gasteiger partial charge in [0.2, 0.25) is 0 Å². The Kier molecular flexibility index (Phi) is 2.55. The number of nitrogens with zero attached hydrogens (tertiary/aromatic N) is 1. The Hall–Kier alpha value is -1.46. The Bertz CT molecular complexity index is 395. The minimum Gasteiger partial charge on any atom is -0.397 e. The zero-order chi connectivity index (χ0) is 10.9. The molecule has 0 spiro atoms. The quantitative estimate of drug-likeness (QED) is 0.752. The summed E-state index contributed by atoms with van der Waals surface area (Å²) in [4.78, 5) is 11.1. The van der Waals surface area contributed by atoms with Gasteiger partial charge in [0.15, 0.2) is 0 Å². The summed E-state index contributed by atoms with van der Waals surface area (Å²) >= 11 is 0. The minimum atomic E-state index is -4.41. The van der Waals surface area contributed by atoms with Crippen molar-refractivity contribution in [1.29, 1.82) is 0 Å². The van der Waals surface area contributed by atoms with Crippen LogP contribution in [-0.2, 0) is 6.54 Å². The molecule has 0 aromatic carbocycles. The van der Waals surface area contributed by atoms with E-state index in [-0.39, 0.29) is 5.69 Å². The second-order valence-electron chi connectivity index (χ2n) is 2.99. The van der Waals surface area contributed by atoms with Crippen LogP contribution in [0.1, 0.15) is 5.56 Å². The van der Waals surface area contributed by atoms with Gasteiger partial charge in [0.1, 0.15) is 6.54 Å². The number of anilines is 1. The molecule has 78 valence electrons. The lowest BCUT2D eigenvalue weighted by molar-refractivity contribution is -0.141. The molecule has 0 fully saturated rings. The molecule has 1 heterocycles. The number of rotatable bonds is 1. The van der Waals surface area contributed by atoms with Crippen molar-refractivity contribution >= 4 is 5.69 Å². The third kappa shape index (κ3) is 2.51. The Morgan fingerprint density at radius 2 is 2.07 bits per heavy atom. The van der Waals surface area contributed by atoms with Crippen LogP contribution in [0.3, 0.4) is 0 Å². The lowest BCUT2D eigenvalue weighted by Gasteiger charge is -2.10. The monoisotopic (exact) mass is 206 g/mol.